The molecule has 0 saturated heterocycles. The number of rotatable bonds is 6. The first kappa shape index (κ1) is 16.7. The number of hydrogen-bond acceptors (Lipinski definition) is 3. The highest BCUT2D eigenvalue weighted by Gasteiger charge is 2.18. The van der Waals surface area contributed by atoms with Crippen molar-refractivity contribution >= 4 is 16.0 Å². The van der Waals surface area contributed by atoms with Gasteiger partial charge in [-0.05, 0) is 60.6 Å². The fourth-order valence-electron chi connectivity index (χ4n) is 3.07. The van der Waals surface area contributed by atoms with Gasteiger partial charge in [-0.25, -0.2) is 17.9 Å². The molecule has 2 aromatic rings. The fourth-order valence-corrected chi connectivity index (χ4v) is 4.15. The van der Waals surface area contributed by atoms with E-state index < -0.39 is 16.0 Å². The van der Waals surface area contributed by atoms with Crippen molar-refractivity contribution in [1.29, 1.82) is 0 Å². The van der Waals surface area contributed by atoms with Crippen molar-refractivity contribution in [2.24, 2.45) is 0 Å². The van der Waals surface area contributed by atoms with Gasteiger partial charge in [-0.2, -0.15) is 0 Å². The van der Waals surface area contributed by atoms with Crippen LogP contribution in [0.25, 0.3) is 0 Å². The molecule has 1 aliphatic rings. The van der Waals surface area contributed by atoms with E-state index in [4.69, 9.17) is 5.11 Å². The predicted molar refractivity (Wildman–Crippen MR) is 90.8 cm³/mol. The number of aromatic carboxylic acids is 1. The Morgan fingerprint density at radius 2 is 1.83 bits per heavy atom. The normalized spacial score (nSPS) is 13.7. The molecule has 0 amide bonds. The molecule has 0 spiro atoms. The summed E-state index contributed by atoms with van der Waals surface area (Å²) in [6.07, 6.45) is 3.32. The van der Waals surface area contributed by atoms with Crippen LogP contribution in [0.15, 0.2) is 47.4 Å². The summed E-state index contributed by atoms with van der Waals surface area (Å²) in [5.74, 6) is -1.01. The summed E-state index contributed by atoms with van der Waals surface area (Å²) in [4.78, 5) is 11.4. The highest BCUT2D eigenvalue weighted by atomic mass is 32.2. The number of benzene rings is 2. The topological polar surface area (TPSA) is 83.5 Å². The van der Waals surface area contributed by atoms with Gasteiger partial charge in [0.25, 0.3) is 0 Å². The van der Waals surface area contributed by atoms with Gasteiger partial charge in [0.05, 0.1) is 10.5 Å². The minimum atomic E-state index is -3.58. The highest BCUT2D eigenvalue weighted by molar-refractivity contribution is 7.89. The number of aryl methyl sites for hydroxylation is 2. The maximum Gasteiger partial charge on any atom is 0.335 e. The lowest BCUT2D eigenvalue weighted by molar-refractivity contribution is 0.0695. The van der Waals surface area contributed by atoms with E-state index in [9.17, 15) is 13.2 Å². The van der Waals surface area contributed by atoms with Gasteiger partial charge in [0.15, 0.2) is 0 Å². The Bertz CT molecular complexity index is 874. The third-order valence-corrected chi connectivity index (χ3v) is 5.77. The Labute approximate surface area is 141 Å². The first-order valence-electron chi connectivity index (χ1n) is 7.90. The van der Waals surface area contributed by atoms with Gasteiger partial charge in [0.1, 0.15) is 0 Å². The minimum absolute atomic E-state index is 0.156. The van der Waals surface area contributed by atoms with Gasteiger partial charge in [-0.3, -0.25) is 0 Å². The quantitative estimate of drug-likeness (QED) is 0.842. The molecular formula is C18H19NO4S. The van der Waals surface area contributed by atoms with Crippen molar-refractivity contribution in [2.45, 2.75) is 30.6 Å². The molecule has 0 fully saturated rings. The van der Waals surface area contributed by atoms with Crippen LogP contribution in [0.4, 0.5) is 0 Å². The molecule has 0 aromatic heterocycles. The molecule has 0 heterocycles. The van der Waals surface area contributed by atoms with E-state index in [1.807, 2.05) is 6.07 Å². The summed E-state index contributed by atoms with van der Waals surface area (Å²) in [7, 11) is -3.58. The predicted octanol–water partition coefficient (Wildman–Crippen LogP) is 2.39. The van der Waals surface area contributed by atoms with E-state index in [-0.39, 0.29) is 17.0 Å². The molecule has 3 rings (SSSR count). The first-order valence-corrected chi connectivity index (χ1v) is 9.38. The second-order valence-electron chi connectivity index (χ2n) is 5.89. The van der Waals surface area contributed by atoms with Crippen LogP contribution >= 0.6 is 0 Å². The van der Waals surface area contributed by atoms with Crippen molar-refractivity contribution < 1.29 is 18.3 Å². The Morgan fingerprint density at radius 3 is 2.62 bits per heavy atom. The number of carboxylic acid groups (broad SMARTS) is 1. The number of nitrogens with one attached hydrogen (secondary N) is 1. The van der Waals surface area contributed by atoms with Gasteiger partial charge in [-0.1, -0.05) is 24.3 Å². The standard InChI is InChI=1S/C18H19NO4S/c20-18(21)17-7-2-1-4-14(17)10-11-19-24(22,23)16-9-8-13-5-3-6-15(13)12-16/h1-2,4,7-9,12,19H,3,5-6,10-11H2,(H,20,21). The lowest BCUT2D eigenvalue weighted by Crippen LogP contribution is -2.26. The van der Waals surface area contributed by atoms with Gasteiger partial charge in [0, 0.05) is 6.54 Å². The van der Waals surface area contributed by atoms with Crippen LogP contribution in [0.5, 0.6) is 0 Å². The summed E-state index contributed by atoms with van der Waals surface area (Å²) in [5, 5.41) is 9.15. The van der Waals surface area contributed by atoms with E-state index in [2.05, 4.69) is 4.72 Å². The largest absolute Gasteiger partial charge is 0.478 e. The van der Waals surface area contributed by atoms with Crippen molar-refractivity contribution in [2.75, 3.05) is 6.54 Å². The SMILES string of the molecule is O=C(O)c1ccccc1CCNS(=O)(=O)c1ccc2c(c1)CCC2. The first-order chi connectivity index (χ1) is 11.5. The fraction of sp³-hybridized carbons (Fsp3) is 0.278. The van der Waals surface area contributed by atoms with Gasteiger partial charge < -0.3 is 5.11 Å². The number of sulfonamides is 1. The molecule has 5 nitrogen and oxygen atoms in total. The van der Waals surface area contributed by atoms with E-state index in [0.29, 0.717) is 12.0 Å². The number of hydrogen-bond donors (Lipinski definition) is 2. The second-order valence-corrected chi connectivity index (χ2v) is 7.66. The van der Waals surface area contributed by atoms with Crippen molar-refractivity contribution in [3.05, 3.63) is 64.7 Å². The molecule has 0 bridgehead atoms. The van der Waals surface area contributed by atoms with Crippen LogP contribution in [0.1, 0.15) is 33.5 Å². The third-order valence-electron chi connectivity index (χ3n) is 4.31. The van der Waals surface area contributed by atoms with E-state index in [1.165, 1.54) is 11.6 Å². The number of carboxylic acids is 1. The lowest BCUT2D eigenvalue weighted by Gasteiger charge is -2.10. The Morgan fingerprint density at radius 1 is 1.08 bits per heavy atom. The zero-order chi connectivity index (χ0) is 17.2. The molecule has 2 aromatic carbocycles. The van der Waals surface area contributed by atoms with Gasteiger partial charge in [0.2, 0.25) is 10.0 Å². The maximum absolute atomic E-state index is 12.4. The van der Waals surface area contributed by atoms with Crippen LogP contribution in [-0.4, -0.2) is 26.0 Å². The highest BCUT2D eigenvalue weighted by Crippen LogP contribution is 2.24. The Balaban J connectivity index is 1.69. The van der Waals surface area contributed by atoms with E-state index in [1.54, 1.807) is 30.3 Å². The molecule has 2 N–H and O–H groups in total. The number of carbonyl (C=O) groups is 1. The van der Waals surface area contributed by atoms with E-state index in [0.717, 1.165) is 24.8 Å². The monoisotopic (exact) mass is 345 g/mol. The molecule has 126 valence electrons. The van der Waals surface area contributed by atoms with E-state index >= 15 is 0 Å². The van der Waals surface area contributed by atoms with Crippen LogP contribution < -0.4 is 4.72 Å². The molecular weight excluding hydrogens is 326 g/mol. The second kappa shape index (κ2) is 6.75. The molecule has 6 heteroatoms. The van der Waals surface area contributed by atoms with Crippen LogP contribution in [0.2, 0.25) is 0 Å². The summed E-state index contributed by atoms with van der Waals surface area (Å²) in [5.41, 5.74) is 3.15. The smallest absolute Gasteiger partial charge is 0.335 e. The molecule has 0 unspecified atom stereocenters. The zero-order valence-corrected chi connectivity index (χ0v) is 14.0. The maximum atomic E-state index is 12.4. The van der Waals surface area contributed by atoms with Crippen LogP contribution in [0, 0.1) is 0 Å². The summed E-state index contributed by atoms with van der Waals surface area (Å²) < 4.78 is 27.4. The average molecular weight is 345 g/mol. The molecule has 1 aliphatic carbocycles. The molecule has 0 radical (unpaired) electrons. The van der Waals surface area contributed by atoms with Crippen molar-refractivity contribution in [3.8, 4) is 0 Å². The molecule has 24 heavy (non-hydrogen) atoms. The Hall–Kier alpha value is -2.18. The summed E-state index contributed by atoms with van der Waals surface area (Å²) in [6, 6.07) is 11.9. The number of fused-ring (bicyclic) bond motifs is 1. The van der Waals surface area contributed by atoms with Gasteiger partial charge >= 0.3 is 5.97 Å². The summed E-state index contributed by atoms with van der Waals surface area (Å²) >= 11 is 0. The zero-order valence-electron chi connectivity index (χ0n) is 13.2. The molecule has 0 aliphatic heterocycles. The lowest BCUT2D eigenvalue weighted by atomic mass is 10.1. The minimum Gasteiger partial charge on any atom is -0.478 e. The average Bonchev–Trinajstić information content (AvgIpc) is 3.02. The van der Waals surface area contributed by atoms with Crippen molar-refractivity contribution in [3.63, 3.8) is 0 Å². The summed E-state index contributed by atoms with van der Waals surface area (Å²) in [6.45, 7) is 0.156. The van der Waals surface area contributed by atoms with Gasteiger partial charge in [-0.15, -0.1) is 0 Å². The van der Waals surface area contributed by atoms with Crippen LogP contribution in [0.3, 0.4) is 0 Å². The van der Waals surface area contributed by atoms with Crippen LogP contribution in [-0.2, 0) is 29.3 Å². The Kier molecular flexibility index (Phi) is 4.69. The third kappa shape index (κ3) is 3.49. The molecule has 0 atom stereocenters. The van der Waals surface area contributed by atoms with Crippen molar-refractivity contribution in [1.82, 2.24) is 4.72 Å². The molecule has 0 saturated carbocycles.